The lowest BCUT2D eigenvalue weighted by Gasteiger charge is -1.86. The van der Waals surface area contributed by atoms with Crippen molar-refractivity contribution in [1.29, 1.82) is 5.41 Å². The predicted molar refractivity (Wildman–Crippen MR) is 29.7 cm³/mol. The van der Waals surface area contributed by atoms with Gasteiger partial charge in [0.2, 0.25) is 16.2 Å². The smallest absolute Gasteiger partial charge is 0.221 e. The van der Waals surface area contributed by atoms with E-state index in [1.54, 1.807) is 0 Å². The molecule has 0 spiro atoms. The summed E-state index contributed by atoms with van der Waals surface area (Å²) >= 11 is 0. The molecule has 0 aromatic heterocycles. The number of nitrogens with one attached hydrogen (secondary N) is 1. The molecule has 1 N–H and O–H groups in total. The van der Waals surface area contributed by atoms with Gasteiger partial charge in [-0.15, -0.1) is 0 Å². The lowest BCUT2D eigenvalue weighted by atomic mass is 10.8. The summed E-state index contributed by atoms with van der Waals surface area (Å²) in [4.78, 5) is 0. The van der Waals surface area contributed by atoms with Gasteiger partial charge in [-0.3, -0.25) is 5.41 Å². The summed E-state index contributed by atoms with van der Waals surface area (Å²) in [5.41, 5.74) is 0. The highest BCUT2D eigenvalue weighted by Crippen LogP contribution is 1.62. The van der Waals surface area contributed by atoms with Crippen molar-refractivity contribution in [2.24, 2.45) is 0 Å². The number of methoxy groups -OCH3 is 1. The zero-order chi connectivity index (χ0) is 6.57. The average molecular weight is 135 g/mol. The van der Waals surface area contributed by atoms with Crippen LogP contribution < -0.4 is 0 Å². The minimum Gasteiger partial charge on any atom is -0.481 e. The Labute approximate surface area is 48.1 Å². The third-order valence-electron chi connectivity index (χ3n) is 0.423. The molecule has 8 heavy (non-hydrogen) atoms. The van der Waals surface area contributed by atoms with Crippen molar-refractivity contribution >= 4 is 21.6 Å². The van der Waals surface area contributed by atoms with Crippen molar-refractivity contribution in [3.8, 4) is 0 Å². The van der Waals surface area contributed by atoms with Gasteiger partial charge in [0.1, 0.15) is 5.37 Å². The summed E-state index contributed by atoms with van der Waals surface area (Å²) in [6.07, 6.45) is 0. The maximum absolute atomic E-state index is 9.69. The summed E-state index contributed by atoms with van der Waals surface area (Å²) in [6, 6.07) is 0. The standard InChI is InChI=1S/C3H5NO3S/c1-7-3(4)2-8(5)6/h2,4H,1H3. The molecule has 0 fully saturated rings. The summed E-state index contributed by atoms with van der Waals surface area (Å²) in [6.45, 7) is 0. The molecule has 0 atom stereocenters. The first kappa shape index (κ1) is 7.16. The Kier molecular flexibility index (Phi) is 2.86. The monoisotopic (exact) mass is 135 g/mol. The molecule has 5 heteroatoms. The van der Waals surface area contributed by atoms with Crippen LogP contribution in [0.25, 0.3) is 0 Å². The molecule has 0 aliphatic carbocycles. The van der Waals surface area contributed by atoms with Crippen LogP contribution in [0.1, 0.15) is 0 Å². The van der Waals surface area contributed by atoms with E-state index < -0.39 is 10.3 Å². The lowest BCUT2D eigenvalue weighted by molar-refractivity contribution is 0.409. The van der Waals surface area contributed by atoms with Gasteiger partial charge in [0.05, 0.1) is 7.11 Å². The fraction of sp³-hybridized carbons (Fsp3) is 0.333. The second-order valence-corrected chi connectivity index (χ2v) is 1.70. The van der Waals surface area contributed by atoms with Gasteiger partial charge in [0.15, 0.2) is 0 Å². The van der Waals surface area contributed by atoms with Crippen molar-refractivity contribution in [2.75, 3.05) is 7.11 Å². The molecule has 0 saturated carbocycles. The van der Waals surface area contributed by atoms with Crippen LogP contribution in [0.4, 0.5) is 0 Å². The van der Waals surface area contributed by atoms with Crippen LogP contribution in [0.15, 0.2) is 0 Å². The van der Waals surface area contributed by atoms with Gasteiger partial charge in [-0.05, 0) is 0 Å². The molecule has 0 amide bonds. The van der Waals surface area contributed by atoms with Crippen LogP contribution in [0.2, 0.25) is 0 Å². The fourth-order valence-corrected chi connectivity index (χ4v) is 0.407. The maximum Gasteiger partial charge on any atom is 0.221 e. The van der Waals surface area contributed by atoms with E-state index in [9.17, 15) is 8.42 Å². The first-order valence-electron chi connectivity index (χ1n) is 1.72. The second-order valence-electron chi connectivity index (χ2n) is 0.947. The van der Waals surface area contributed by atoms with Gasteiger partial charge in [0, 0.05) is 0 Å². The van der Waals surface area contributed by atoms with Gasteiger partial charge in [0.25, 0.3) is 0 Å². The van der Waals surface area contributed by atoms with Crippen LogP contribution in [0.3, 0.4) is 0 Å². The molecule has 0 aliphatic rings. The van der Waals surface area contributed by atoms with E-state index in [4.69, 9.17) is 5.41 Å². The molecule has 0 unspecified atom stereocenters. The van der Waals surface area contributed by atoms with Crippen molar-refractivity contribution < 1.29 is 13.2 Å². The lowest BCUT2D eigenvalue weighted by Crippen LogP contribution is -1.99. The molecule has 0 aromatic rings. The number of ether oxygens (including phenoxy) is 1. The number of hydrogen-bond acceptors (Lipinski definition) is 4. The van der Waals surface area contributed by atoms with Crippen LogP contribution in [0.5, 0.6) is 0 Å². The minimum atomic E-state index is -2.32. The zero-order valence-electron chi connectivity index (χ0n) is 4.21. The van der Waals surface area contributed by atoms with E-state index in [1.165, 1.54) is 7.11 Å². The summed E-state index contributed by atoms with van der Waals surface area (Å²) < 4.78 is 23.6. The molecule has 46 valence electrons. The molecule has 0 aliphatic heterocycles. The van der Waals surface area contributed by atoms with Gasteiger partial charge < -0.3 is 4.74 Å². The Bertz CT molecular complexity index is 195. The van der Waals surface area contributed by atoms with E-state index in [0.717, 1.165) is 0 Å². The van der Waals surface area contributed by atoms with Crippen molar-refractivity contribution in [1.82, 2.24) is 0 Å². The first-order chi connectivity index (χ1) is 3.66. The van der Waals surface area contributed by atoms with Crippen molar-refractivity contribution in [3.05, 3.63) is 0 Å². The molecule has 0 saturated heterocycles. The molecular weight excluding hydrogens is 130 g/mol. The highest BCUT2D eigenvalue weighted by Gasteiger charge is 1.83. The topological polar surface area (TPSA) is 67.2 Å². The van der Waals surface area contributed by atoms with E-state index in [-0.39, 0.29) is 5.90 Å². The summed E-state index contributed by atoms with van der Waals surface area (Å²) in [5.74, 6) is -0.363. The second kappa shape index (κ2) is 3.20. The van der Waals surface area contributed by atoms with Crippen molar-refractivity contribution in [3.63, 3.8) is 0 Å². The zero-order valence-corrected chi connectivity index (χ0v) is 5.03. The third kappa shape index (κ3) is 3.35. The Morgan fingerprint density at radius 2 is 2.25 bits per heavy atom. The average Bonchev–Trinajstić information content (AvgIpc) is 1.65. The third-order valence-corrected chi connectivity index (χ3v) is 0.830. The highest BCUT2D eigenvalue weighted by atomic mass is 32.2. The van der Waals surface area contributed by atoms with Crippen LogP contribution in [0, 0.1) is 5.41 Å². The van der Waals surface area contributed by atoms with E-state index in [1.807, 2.05) is 0 Å². The molecule has 0 rings (SSSR count). The highest BCUT2D eigenvalue weighted by molar-refractivity contribution is 7.73. The normalized spacial score (nSPS) is 7.62. The van der Waals surface area contributed by atoms with Crippen LogP contribution >= 0.6 is 0 Å². The van der Waals surface area contributed by atoms with E-state index in [0.29, 0.717) is 5.37 Å². The van der Waals surface area contributed by atoms with Gasteiger partial charge in [-0.25, -0.2) is 0 Å². The van der Waals surface area contributed by atoms with Gasteiger partial charge >= 0.3 is 0 Å². The van der Waals surface area contributed by atoms with E-state index >= 15 is 0 Å². The van der Waals surface area contributed by atoms with E-state index in [2.05, 4.69) is 4.74 Å². The predicted octanol–water partition coefficient (Wildman–Crippen LogP) is -0.709. The maximum atomic E-state index is 9.69. The Morgan fingerprint density at radius 1 is 1.75 bits per heavy atom. The quantitative estimate of drug-likeness (QED) is 0.293. The molecular formula is C3H5NO3S. The molecule has 0 heterocycles. The Morgan fingerprint density at radius 3 is 2.38 bits per heavy atom. The molecule has 0 bridgehead atoms. The molecule has 0 aromatic carbocycles. The minimum absolute atomic E-state index is 0.363. The number of rotatable bonds is 1. The molecule has 4 nitrogen and oxygen atoms in total. The van der Waals surface area contributed by atoms with Crippen LogP contribution in [-0.4, -0.2) is 26.8 Å². The van der Waals surface area contributed by atoms with Crippen molar-refractivity contribution in [2.45, 2.75) is 0 Å². The Balaban J connectivity index is 4.12. The SMILES string of the molecule is COC(=N)C=S(=O)=O. The fourth-order valence-electron chi connectivity index (χ4n) is 0.136. The molecule has 0 radical (unpaired) electrons. The van der Waals surface area contributed by atoms with Gasteiger partial charge in [-0.2, -0.15) is 8.42 Å². The van der Waals surface area contributed by atoms with Gasteiger partial charge in [-0.1, -0.05) is 0 Å². The van der Waals surface area contributed by atoms with Crippen LogP contribution in [-0.2, 0) is 15.0 Å². The first-order valence-corrected chi connectivity index (χ1v) is 2.86. The number of hydrogen-bond donors (Lipinski definition) is 1. The Hall–Kier alpha value is -0.840. The summed E-state index contributed by atoms with van der Waals surface area (Å²) in [7, 11) is -1.09. The summed E-state index contributed by atoms with van der Waals surface area (Å²) in [5, 5.41) is 7.26. The largest absolute Gasteiger partial charge is 0.481 e.